The van der Waals surface area contributed by atoms with Crippen LogP contribution in [0.1, 0.15) is 43.6 Å². The van der Waals surface area contributed by atoms with Gasteiger partial charge in [0.2, 0.25) is 11.8 Å². The average molecular weight is 484 g/mol. The lowest BCUT2D eigenvalue weighted by Gasteiger charge is -2.36. The number of hydrogen-bond donors (Lipinski definition) is 3. The number of carbonyl (C=O) groups is 4. The van der Waals surface area contributed by atoms with Crippen LogP contribution in [0.15, 0.2) is 36.5 Å². The van der Waals surface area contributed by atoms with E-state index in [9.17, 15) is 19.2 Å². The number of amides is 2. The largest absolute Gasteiger partial charge is 0.453 e. The van der Waals surface area contributed by atoms with Crippen molar-refractivity contribution in [3.8, 4) is 0 Å². The Hall–Kier alpha value is -3.37. The lowest BCUT2D eigenvalue weighted by atomic mass is 9.98. The molecule has 2 aromatic rings. The number of nitrogens with zero attached hydrogens (tertiary/aromatic N) is 2. The number of carbonyl (C=O) groups excluding carboxylic acids is 4. The van der Waals surface area contributed by atoms with E-state index in [0.717, 1.165) is 11.8 Å². The van der Waals surface area contributed by atoms with Gasteiger partial charge < -0.3 is 15.4 Å². The maximum absolute atomic E-state index is 13.1. The predicted octanol–water partition coefficient (Wildman–Crippen LogP) is 1.21. The van der Waals surface area contributed by atoms with Crippen molar-refractivity contribution >= 4 is 34.3 Å². The molecule has 0 saturated carbocycles. The lowest BCUT2D eigenvalue weighted by molar-refractivity contribution is -0.147. The van der Waals surface area contributed by atoms with E-state index in [2.05, 4.69) is 21.0 Å². The fourth-order valence-electron chi connectivity index (χ4n) is 4.04. The molecule has 1 fully saturated rings. The van der Waals surface area contributed by atoms with Crippen molar-refractivity contribution < 1.29 is 23.9 Å². The van der Waals surface area contributed by atoms with Gasteiger partial charge in [-0.25, -0.2) is 15.2 Å². The summed E-state index contributed by atoms with van der Waals surface area (Å²) < 4.78 is 5.27. The quantitative estimate of drug-likeness (QED) is 0.430. The van der Waals surface area contributed by atoms with Crippen LogP contribution in [0, 0.1) is 5.92 Å². The third kappa shape index (κ3) is 6.61. The van der Waals surface area contributed by atoms with Crippen molar-refractivity contribution in [2.24, 2.45) is 5.92 Å². The highest BCUT2D eigenvalue weighted by molar-refractivity contribution is 6.03. The van der Waals surface area contributed by atoms with Crippen LogP contribution in [0.3, 0.4) is 0 Å². The van der Waals surface area contributed by atoms with Crippen molar-refractivity contribution in [2.75, 3.05) is 26.7 Å². The van der Waals surface area contributed by atoms with Crippen LogP contribution in [0.25, 0.3) is 10.8 Å². The monoisotopic (exact) mass is 483 g/mol. The Bertz CT molecular complexity index is 1070. The highest BCUT2D eigenvalue weighted by Gasteiger charge is 2.35. The minimum atomic E-state index is -0.869. The van der Waals surface area contributed by atoms with Crippen molar-refractivity contribution in [3.05, 3.63) is 42.2 Å². The van der Waals surface area contributed by atoms with Crippen LogP contribution in [0.4, 0.5) is 0 Å². The average Bonchev–Trinajstić information content (AvgIpc) is 2.88. The van der Waals surface area contributed by atoms with Crippen LogP contribution in [0.2, 0.25) is 0 Å². The van der Waals surface area contributed by atoms with Crippen LogP contribution < -0.4 is 16.1 Å². The van der Waals surface area contributed by atoms with Gasteiger partial charge in [-0.1, -0.05) is 38.1 Å². The number of fused-ring (bicyclic) bond motifs is 1. The zero-order chi connectivity index (χ0) is 25.4. The Morgan fingerprint density at radius 3 is 2.71 bits per heavy atom. The Morgan fingerprint density at radius 2 is 1.97 bits per heavy atom. The molecule has 2 atom stereocenters. The third-order valence-corrected chi connectivity index (χ3v) is 5.93. The number of aromatic nitrogens is 1. The highest BCUT2D eigenvalue weighted by Crippen LogP contribution is 2.18. The Kier molecular flexibility index (Phi) is 9.27. The summed E-state index contributed by atoms with van der Waals surface area (Å²) in [4.78, 5) is 55.3. The molecule has 10 heteroatoms. The van der Waals surface area contributed by atoms with Gasteiger partial charge in [-0.3, -0.25) is 19.4 Å². The molecule has 1 saturated heterocycles. The van der Waals surface area contributed by atoms with Crippen molar-refractivity contribution in [1.29, 1.82) is 0 Å². The number of benzene rings is 1. The van der Waals surface area contributed by atoms with Gasteiger partial charge >= 0.3 is 5.97 Å². The maximum atomic E-state index is 13.1. The molecule has 0 spiro atoms. The van der Waals surface area contributed by atoms with E-state index in [1.807, 2.05) is 12.1 Å². The van der Waals surface area contributed by atoms with Crippen LogP contribution in [-0.4, -0.2) is 72.4 Å². The third-order valence-electron chi connectivity index (χ3n) is 5.93. The molecule has 0 aliphatic carbocycles. The van der Waals surface area contributed by atoms with Gasteiger partial charge in [0, 0.05) is 31.1 Å². The van der Waals surface area contributed by atoms with E-state index in [4.69, 9.17) is 4.74 Å². The Morgan fingerprint density at radius 1 is 1.20 bits per heavy atom. The molecule has 188 valence electrons. The second-order valence-electron chi connectivity index (χ2n) is 8.84. The molecule has 2 amide bonds. The molecule has 2 unspecified atom stereocenters. The summed E-state index contributed by atoms with van der Waals surface area (Å²) in [6.45, 7) is 4.19. The molecule has 1 aliphatic heterocycles. The number of rotatable bonds is 10. The number of ketones is 1. The van der Waals surface area contributed by atoms with E-state index in [-0.39, 0.29) is 23.9 Å². The zero-order valence-corrected chi connectivity index (χ0v) is 20.4. The summed E-state index contributed by atoms with van der Waals surface area (Å²) in [5, 5.41) is 8.53. The van der Waals surface area contributed by atoms with Gasteiger partial charge in [0.1, 0.15) is 6.04 Å². The van der Waals surface area contributed by atoms with Crippen molar-refractivity contribution in [1.82, 2.24) is 26.1 Å². The summed E-state index contributed by atoms with van der Waals surface area (Å²) in [6, 6.07) is 7.47. The summed E-state index contributed by atoms with van der Waals surface area (Å²) in [7, 11) is 1.75. The van der Waals surface area contributed by atoms with Crippen LogP contribution >= 0.6 is 0 Å². The molecule has 0 bridgehead atoms. The topological polar surface area (TPSA) is 130 Å². The maximum Gasteiger partial charge on any atom is 0.358 e. The van der Waals surface area contributed by atoms with Crippen LogP contribution in [-0.2, 0) is 19.1 Å². The fraction of sp³-hybridized carbons (Fsp3) is 0.480. The molecule has 1 aromatic heterocycles. The standard InChI is InChI=1S/C25H33N5O5/c1-16(2)22(29-24(33)19-9-6-12-28-30(19)21(32)11-13-26-3)20(31)15-35-25(34)23-18-8-5-4-7-17(18)10-14-27-23/h4-5,7-8,10,14,16,19,22,26,28H,6,9,11-13,15H2,1-3H3,(H,29,33). The highest BCUT2D eigenvalue weighted by atomic mass is 16.5. The summed E-state index contributed by atoms with van der Waals surface area (Å²) in [5.41, 5.74) is 3.13. The first-order valence-corrected chi connectivity index (χ1v) is 11.9. The molecule has 10 nitrogen and oxygen atoms in total. The smallest absolute Gasteiger partial charge is 0.358 e. The molecule has 3 N–H and O–H groups in total. The molecular weight excluding hydrogens is 450 g/mol. The van der Waals surface area contributed by atoms with E-state index in [0.29, 0.717) is 24.9 Å². The summed E-state index contributed by atoms with van der Waals surface area (Å²) in [6.07, 6.45) is 2.98. The van der Waals surface area contributed by atoms with E-state index >= 15 is 0 Å². The molecule has 1 aromatic carbocycles. The Balaban J connectivity index is 1.64. The van der Waals surface area contributed by atoms with Crippen molar-refractivity contribution in [2.45, 2.75) is 45.2 Å². The predicted molar refractivity (Wildman–Crippen MR) is 130 cm³/mol. The molecular formula is C25H33N5O5. The lowest BCUT2D eigenvalue weighted by Crippen LogP contribution is -2.61. The number of hydrogen-bond acceptors (Lipinski definition) is 8. The van der Waals surface area contributed by atoms with Gasteiger partial charge in [-0.05, 0) is 37.3 Å². The first-order chi connectivity index (χ1) is 16.8. The van der Waals surface area contributed by atoms with Gasteiger partial charge in [0.25, 0.3) is 0 Å². The number of hydrazine groups is 1. The van der Waals surface area contributed by atoms with E-state index in [1.165, 1.54) is 11.2 Å². The second-order valence-corrected chi connectivity index (χ2v) is 8.84. The second kappa shape index (κ2) is 12.4. The first kappa shape index (κ1) is 26.2. The zero-order valence-electron chi connectivity index (χ0n) is 20.4. The summed E-state index contributed by atoms with van der Waals surface area (Å²) >= 11 is 0. The van der Waals surface area contributed by atoms with E-state index in [1.54, 1.807) is 39.1 Å². The number of pyridine rings is 1. The Labute approximate surface area is 204 Å². The normalized spacial score (nSPS) is 16.7. The van der Waals surface area contributed by atoms with E-state index < -0.39 is 36.4 Å². The van der Waals surface area contributed by atoms with Crippen LogP contribution in [0.5, 0.6) is 0 Å². The molecule has 2 heterocycles. The molecule has 0 radical (unpaired) electrons. The minimum absolute atomic E-state index is 0.130. The number of Topliss-reactive ketones (excluding diaryl/α,β-unsaturated/α-hetero) is 1. The van der Waals surface area contributed by atoms with Gasteiger partial charge in [-0.15, -0.1) is 0 Å². The first-order valence-electron chi connectivity index (χ1n) is 11.9. The number of ether oxygens (including phenoxy) is 1. The molecule has 35 heavy (non-hydrogen) atoms. The van der Waals surface area contributed by atoms with Gasteiger partial charge in [0.05, 0.1) is 6.04 Å². The SMILES string of the molecule is CNCCC(=O)N1NCCCC1C(=O)NC(C(=O)COC(=O)c1nccc2ccccc12)C(C)C. The number of esters is 1. The van der Waals surface area contributed by atoms with Gasteiger partial charge in [0.15, 0.2) is 18.1 Å². The number of nitrogens with one attached hydrogen (secondary N) is 3. The molecule has 3 rings (SSSR count). The van der Waals surface area contributed by atoms with Crippen molar-refractivity contribution in [3.63, 3.8) is 0 Å². The molecule has 1 aliphatic rings. The summed E-state index contributed by atoms with van der Waals surface area (Å²) in [5.74, 6) is -1.99. The van der Waals surface area contributed by atoms with Gasteiger partial charge in [-0.2, -0.15) is 0 Å². The fourth-order valence-corrected chi connectivity index (χ4v) is 4.04. The minimum Gasteiger partial charge on any atom is -0.453 e.